The molecule has 5 nitrogen and oxygen atoms in total. The third-order valence-electron chi connectivity index (χ3n) is 6.95. The van der Waals surface area contributed by atoms with Crippen molar-refractivity contribution in [1.29, 1.82) is 0 Å². The second kappa shape index (κ2) is 9.98. The van der Waals surface area contributed by atoms with E-state index in [-0.39, 0.29) is 23.8 Å². The van der Waals surface area contributed by atoms with E-state index in [4.69, 9.17) is 4.74 Å². The molecular formula is C28H36N2O3. The average molecular weight is 449 g/mol. The molecule has 0 saturated heterocycles. The lowest BCUT2D eigenvalue weighted by molar-refractivity contribution is -0.138. The predicted octanol–water partition coefficient (Wildman–Crippen LogP) is 4.90. The Bertz CT molecular complexity index is 993. The summed E-state index contributed by atoms with van der Waals surface area (Å²) in [7, 11) is 0. The van der Waals surface area contributed by atoms with E-state index in [0.717, 1.165) is 36.9 Å². The average Bonchev–Trinajstić information content (AvgIpc) is 3.68. The number of carbonyl (C=O) groups excluding carboxylic acids is 2. The maximum Gasteiger partial charge on any atom is 0.263 e. The van der Waals surface area contributed by atoms with Crippen LogP contribution in [0.2, 0.25) is 0 Å². The van der Waals surface area contributed by atoms with Crippen LogP contribution in [0.1, 0.15) is 68.3 Å². The number of amides is 2. The van der Waals surface area contributed by atoms with Gasteiger partial charge in [0.25, 0.3) is 5.91 Å². The summed E-state index contributed by atoms with van der Waals surface area (Å²) in [5.74, 6) is 1.16. The summed E-state index contributed by atoms with van der Waals surface area (Å²) in [4.78, 5) is 30.0. The van der Waals surface area contributed by atoms with Crippen LogP contribution in [0.25, 0.3) is 0 Å². The number of hydrogen-bond donors (Lipinski definition) is 0. The Kier molecular flexibility index (Phi) is 7.06. The molecule has 0 aromatic heterocycles. The van der Waals surface area contributed by atoms with Gasteiger partial charge in [0, 0.05) is 25.6 Å². The summed E-state index contributed by atoms with van der Waals surface area (Å²) in [6.07, 6.45) is 2.94. The monoisotopic (exact) mass is 448 g/mol. The number of nitrogens with zero attached hydrogens (tertiary/aromatic N) is 2. The van der Waals surface area contributed by atoms with Gasteiger partial charge in [0.05, 0.1) is 6.04 Å². The lowest BCUT2D eigenvalue weighted by atomic mass is 9.87. The zero-order valence-electron chi connectivity index (χ0n) is 20.3. The highest BCUT2D eigenvalue weighted by molar-refractivity contribution is 5.82. The molecule has 0 radical (unpaired) electrons. The van der Waals surface area contributed by atoms with Gasteiger partial charge in [-0.05, 0) is 75.3 Å². The Morgan fingerprint density at radius 2 is 1.76 bits per heavy atom. The van der Waals surface area contributed by atoms with Crippen LogP contribution in [0.4, 0.5) is 0 Å². The van der Waals surface area contributed by atoms with E-state index >= 15 is 0 Å². The van der Waals surface area contributed by atoms with Gasteiger partial charge in [0.15, 0.2) is 6.10 Å². The van der Waals surface area contributed by atoms with Crippen LogP contribution >= 0.6 is 0 Å². The summed E-state index contributed by atoms with van der Waals surface area (Å²) in [6.45, 7) is 10.1. The lowest BCUT2D eigenvalue weighted by Crippen LogP contribution is -2.42. The van der Waals surface area contributed by atoms with Crippen molar-refractivity contribution < 1.29 is 14.3 Å². The van der Waals surface area contributed by atoms with Gasteiger partial charge in [-0.2, -0.15) is 0 Å². The zero-order valence-corrected chi connectivity index (χ0v) is 20.3. The molecule has 176 valence electrons. The molecule has 2 amide bonds. The lowest BCUT2D eigenvalue weighted by Gasteiger charge is -2.38. The van der Waals surface area contributed by atoms with Crippen molar-refractivity contribution in [1.82, 2.24) is 9.80 Å². The van der Waals surface area contributed by atoms with Gasteiger partial charge in [0.1, 0.15) is 5.75 Å². The van der Waals surface area contributed by atoms with E-state index < -0.39 is 6.10 Å². The van der Waals surface area contributed by atoms with Gasteiger partial charge in [-0.3, -0.25) is 9.59 Å². The van der Waals surface area contributed by atoms with Gasteiger partial charge >= 0.3 is 0 Å². The fourth-order valence-corrected chi connectivity index (χ4v) is 4.79. The first kappa shape index (κ1) is 23.3. The molecule has 4 rings (SSSR count). The molecule has 2 aliphatic rings. The largest absolute Gasteiger partial charge is 0.481 e. The number of aryl methyl sites for hydroxylation is 1. The van der Waals surface area contributed by atoms with Gasteiger partial charge in [-0.1, -0.05) is 42.8 Å². The van der Waals surface area contributed by atoms with Crippen molar-refractivity contribution in [2.45, 2.75) is 65.5 Å². The second-order valence-electron chi connectivity index (χ2n) is 9.26. The van der Waals surface area contributed by atoms with Crippen LogP contribution in [0, 0.1) is 12.8 Å². The van der Waals surface area contributed by atoms with Gasteiger partial charge in [-0.25, -0.2) is 0 Å². The maximum atomic E-state index is 13.2. The zero-order chi connectivity index (χ0) is 23.5. The van der Waals surface area contributed by atoms with E-state index in [1.807, 2.05) is 31.7 Å². The molecule has 0 spiro atoms. The standard InChI is InChI=1S/C28H36N2O3/c1-5-25(28(32)29(6-2)7-3)33-23-15-14-20-16-17-30(27(31)22-12-13-22)26(24(20)18-23)21-10-8-19(4)9-11-21/h8-11,14-15,18,22,25-26H,5-7,12-13,16-17H2,1-4H3/t25-,26-/m0/s1. The van der Waals surface area contributed by atoms with E-state index in [0.29, 0.717) is 25.3 Å². The Labute approximate surface area is 197 Å². The summed E-state index contributed by atoms with van der Waals surface area (Å²) in [5.41, 5.74) is 4.68. The summed E-state index contributed by atoms with van der Waals surface area (Å²) >= 11 is 0. The van der Waals surface area contributed by atoms with Crippen LogP contribution in [0.5, 0.6) is 5.75 Å². The van der Waals surface area contributed by atoms with Crippen LogP contribution in [-0.4, -0.2) is 47.4 Å². The highest BCUT2D eigenvalue weighted by atomic mass is 16.5. The molecule has 0 N–H and O–H groups in total. The van der Waals surface area contributed by atoms with Crippen LogP contribution in [0.15, 0.2) is 42.5 Å². The minimum absolute atomic E-state index is 0.0286. The number of ether oxygens (including phenoxy) is 1. The highest BCUT2D eigenvalue weighted by Crippen LogP contribution is 2.41. The number of benzene rings is 2. The predicted molar refractivity (Wildman–Crippen MR) is 130 cm³/mol. The maximum absolute atomic E-state index is 13.2. The number of rotatable bonds is 8. The van der Waals surface area contributed by atoms with Crippen molar-refractivity contribution in [2.75, 3.05) is 19.6 Å². The first-order valence-corrected chi connectivity index (χ1v) is 12.4. The first-order valence-electron chi connectivity index (χ1n) is 12.4. The van der Waals surface area contributed by atoms with Crippen molar-refractivity contribution >= 4 is 11.8 Å². The minimum Gasteiger partial charge on any atom is -0.481 e. The van der Waals surface area contributed by atoms with Gasteiger partial charge in [0.2, 0.25) is 5.91 Å². The Balaban J connectivity index is 1.68. The van der Waals surface area contributed by atoms with Crippen molar-refractivity contribution in [3.63, 3.8) is 0 Å². The molecule has 1 aliphatic carbocycles. The first-order chi connectivity index (χ1) is 16.0. The Hall–Kier alpha value is -2.82. The van der Waals surface area contributed by atoms with E-state index in [2.05, 4.69) is 48.2 Å². The van der Waals surface area contributed by atoms with Crippen LogP contribution in [-0.2, 0) is 16.0 Å². The molecule has 1 heterocycles. The van der Waals surface area contributed by atoms with Gasteiger partial charge in [-0.15, -0.1) is 0 Å². The number of hydrogen-bond acceptors (Lipinski definition) is 3. The fraction of sp³-hybridized carbons (Fsp3) is 0.500. The van der Waals surface area contributed by atoms with E-state index in [1.54, 1.807) is 0 Å². The molecule has 5 heteroatoms. The second-order valence-corrected chi connectivity index (χ2v) is 9.26. The SMILES string of the molecule is CC[C@H](Oc1ccc2c(c1)[C@H](c1ccc(C)cc1)N(C(=O)C1CC1)CC2)C(=O)N(CC)CC. The minimum atomic E-state index is -0.506. The normalized spacial score (nSPS) is 18.4. The molecule has 2 aromatic rings. The topological polar surface area (TPSA) is 49.9 Å². The smallest absolute Gasteiger partial charge is 0.263 e. The summed E-state index contributed by atoms with van der Waals surface area (Å²) < 4.78 is 6.24. The van der Waals surface area contributed by atoms with E-state index in [9.17, 15) is 9.59 Å². The van der Waals surface area contributed by atoms with Gasteiger partial charge < -0.3 is 14.5 Å². The third-order valence-corrected chi connectivity index (χ3v) is 6.95. The van der Waals surface area contributed by atoms with Crippen molar-refractivity contribution in [2.24, 2.45) is 5.92 Å². The molecule has 0 bridgehead atoms. The fourth-order valence-electron chi connectivity index (χ4n) is 4.79. The van der Waals surface area contributed by atoms with Crippen LogP contribution < -0.4 is 4.74 Å². The summed E-state index contributed by atoms with van der Waals surface area (Å²) in [6, 6.07) is 14.5. The number of fused-ring (bicyclic) bond motifs is 1. The molecule has 1 saturated carbocycles. The molecule has 2 atom stereocenters. The molecule has 1 fully saturated rings. The van der Waals surface area contributed by atoms with Crippen LogP contribution in [0.3, 0.4) is 0 Å². The Morgan fingerprint density at radius 1 is 1.06 bits per heavy atom. The highest BCUT2D eigenvalue weighted by Gasteiger charge is 2.39. The third kappa shape index (κ3) is 4.92. The molecule has 2 aromatic carbocycles. The number of likely N-dealkylation sites (N-methyl/N-ethyl adjacent to an activating group) is 1. The molecular weight excluding hydrogens is 412 g/mol. The molecule has 33 heavy (non-hydrogen) atoms. The number of carbonyl (C=O) groups is 2. The Morgan fingerprint density at radius 3 is 2.36 bits per heavy atom. The quantitative estimate of drug-likeness (QED) is 0.577. The molecule has 1 aliphatic heterocycles. The molecule has 0 unspecified atom stereocenters. The van der Waals surface area contributed by atoms with E-state index in [1.165, 1.54) is 11.1 Å². The van der Waals surface area contributed by atoms with Crippen molar-refractivity contribution in [3.05, 3.63) is 64.7 Å². The summed E-state index contributed by atoms with van der Waals surface area (Å²) in [5, 5.41) is 0. The van der Waals surface area contributed by atoms with Crippen molar-refractivity contribution in [3.8, 4) is 5.75 Å².